The molecular weight excluding hydrogens is 627 g/mol. The van der Waals surface area contributed by atoms with Crippen LogP contribution in [-0.2, 0) is 16.1 Å². The second-order valence-corrected chi connectivity index (χ2v) is 11.7. The van der Waals surface area contributed by atoms with Gasteiger partial charge in [0, 0.05) is 5.56 Å². The van der Waals surface area contributed by atoms with Crippen molar-refractivity contribution in [2.24, 2.45) is 4.99 Å². The molecule has 7 nitrogen and oxygen atoms in total. The molecule has 0 saturated heterocycles. The predicted octanol–water partition coefficient (Wildman–Crippen LogP) is 6.32. The third kappa shape index (κ3) is 6.24. The molecular formula is C36H28ClFN2O5S. The van der Waals surface area contributed by atoms with Crippen LogP contribution in [0.2, 0.25) is 5.02 Å². The van der Waals surface area contributed by atoms with E-state index in [0.29, 0.717) is 32.1 Å². The minimum atomic E-state index is -0.769. The number of nitrogens with zero attached hydrogens (tertiary/aromatic N) is 2. The number of hydrogen-bond acceptors (Lipinski definition) is 7. The molecule has 0 N–H and O–H groups in total. The van der Waals surface area contributed by atoms with Crippen molar-refractivity contribution in [1.29, 1.82) is 0 Å². The van der Waals surface area contributed by atoms with Gasteiger partial charge in [-0.15, -0.1) is 0 Å². The van der Waals surface area contributed by atoms with Crippen molar-refractivity contribution in [3.05, 3.63) is 155 Å². The summed E-state index contributed by atoms with van der Waals surface area (Å²) in [6.07, 6.45) is 1.71. The highest BCUT2D eigenvalue weighted by Gasteiger charge is 2.35. The summed E-state index contributed by atoms with van der Waals surface area (Å²) in [7, 11) is 1.50. The van der Waals surface area contributed by atoms with E-state index < -0.39 is 12.0 Å². The van der Waals surface area contributed by atoms with Crippen LogP contribution in [-0.4, -0.2) is 24.3 Å². The average molecular weight is 655 g/mol. The van der Waals surface area contributed by atoms with Crippen molar-refractivity contribution in [2.45, 2.75) is 19.6 Å². The summed E-state index contributed by atoms with van der Waals surface area (Å²) < 4.78 is 32.3. The maximum Gasteiger partial charge on any atom is 0.338 e. The Hall–Kier alpha value is -4.99. The van der Waals surface area contributed by atoms with Gasteiger partial charge in [0.2, 0.25) is 0 Å². The Balaban J connectivity index is 1.48. The quantitative estimate of drug-likeness (QED) is 0.174. The summed E-state index contributed by atoms with van der Waals surface area (Å²) in [5, 5.41) is 0.276. The van der Waals surface area contributed by atoms with E-state index in [9.17, 15) is 14.0 Å². The number of methoxy groups -OCH3 is 1. The molecule has 0 spiro atoms. The van der Waals surface area contributed by atoms with Crippen LogP contribution in [0.4, 0.5) is 4.39 Å². The van der Waals surface area contributed by atoms with Crippen molar-refractivity contribution >= 4 is 40.7 Å². The molecule has 4 aromatic carbocycles. The molecule has 0 amide bonds. The zero-order valence-electron chi connectivity index (χ0n) is 24.9. The van der Waals surface area contributed by atoms with Gasteiger partial charge in [0.15, 0.2) is 16.3 Å². The van der Waals surface area contributed by atoms with Crippen LogP contribution in [0.3, 0.4) is 0 Å². The number of aromatic nitrogens is 1. The molecule has 1 aliphatic heterocycles. The van der Waals surface area contributed by atoms with E-state index in [2.05, 4.69) is 0 Å². The number of hydrogen-bond donors (Lipinski definition) is 0. The largest absolute Gasteiger partial charge is 0.493 e. The third-order valence-corrected chi connectivity index (χ3v) is 8.60. The van der Waals surface area contributed by atoms with Crippen LogP contribution in [0.25, 0.3) is 11.8 Å². The normalized spacial score (nSPS) is 14.4. The van der Waals surface area contributed by atoms with E-state index in [-0.39, 0.29) is 35.2 Å². The van der Waals surface area contributed by atoms with Crippen LogP contribution in [0.15, 0.2) is 112 Å². The number of carbonyl (C=O) groups excluding carboxylic acids is 1. The van der Waals surface area contributed by atoms with Crippen molar-refractivity contribution < 1.29 is 23.4 Å². The molecule has 1 aromatic heterocycles. The number of halogens is 2. The van der Waals surface area contributed by atoms with Gasteiger partial charge >= 0.3 is 5.97 Å². The highest BCUT2D eigenvalue weighted by molar-refractivity contribution is 7.07. The monoisotopic (exact) mass is 654 g/mol. The lowest BCUT2D eigenvalue weighted by Gasteiger charge is -2.25. The second kappa shape index (κ2) is 13.6. The number of carbonyl (C=O) groups is 1. The molecule has 5 aromatic rings. The molecule has 0 saturated carbocycles. The first-order valence-electron chi connectivity index (χ1n) is 14.5. The van der Waals surface area contributed by atoms with Crippen LogP contribution in [0, 0.1) is 5.82 Å². The van der Waals surface area contributed by atoms with Crippen molar-refractivity contribution in [1.82, 2.24) is 4.57 Å². The Bertz CT molecular complexity index is 2110. The van der Waals surface area contributed by atoms with Gasteiger partial charge in [-0.3, -0.25) is 9.36 Å². The number of rotatable bonds is 9. The van der Waals surface area contributed by atoms with Gasteiger partial charge in [-0.2, -0.15) is 0 Å². The molecule has 10 heteroatoms. The first-order valence-corrected chi connectivity index (χ1v) is 15.7. The fraction of sp³-hybridized carbons (Fsp3) is 0.139. The molecule has 0 radical (unpaired) electrons. The van der Waals surface area contributed by atoms with Crippen LogP contribution >= 0.6 is 22.9 Å². The first-order chi connectivity index (χ1) is 22.4. The predicted molar refractivity (Wildman–Crippen MR) is 176 cm³/mol. The Labute approximate surface area is 273 Å². The fourth-order valence-electron chi connectivity index (χ4n) is 5.24. The molecule has 0 unspecified atom stereocenters. The van der Waals surface area contributed by atoms with E-state index in [4.69, 9.17) is 30.8 Å². The maximum atomic E-state index is 14.2. The molecule has 1 aliphatic rings. The number of thiazole rings is 1. The molecule has 1 atom stereocenters. The van der Waals surface area contributed by atoms with Crippen molar-refractivity contribution in [3.8, 4) is 11.5 Å². The summed E-state index contributed by atoms with van der Waals surface area (Å²) in [5.74, 6) is -0.187. The smallest absolute Gasteiger partial charge is 0.338 e. The summed E-state index contributed by atoms with van der Waals surface area (Å²) in [6, 6.07) is 27.4. The topological polar surface area (TPSA) is 79.1 Å². The van der Waals surface area contributed by atoms with Crippen LogP contribution in [0.1, 0.15) is 35.2 Å². The molecule has 6 rings (SSSR count). The Kier molecular flexibility index (Phi) is 9.14. The van der Waals surface area contributed by atoms with E-state index in [1.165, 1.54) is 30.6 Å². The average Bonchev–Trinajstić information content (AvgIpc) is 3.38. The molecule has 0 aliphatic carbocycles. The summed E-state index contributed by atoms with van der Waals surface area (Å²) >= 11 is 7.85. The maximum absolute atomic E-state index is 14.2. The van der Waals surface area contributed by atoms with Gasteiger partial charge in [-0.25, -0.2) is 14.2 Å². The van der Waals surface area contributed by atoms with Crippen LogP contribution in [0.5, 0.6) is 11.5 Å². The fourth-order valence-corrected chi connectivity index (χ4v) is 6.52. The van der Waals surface area contributed by atoms with E-state index in [1.54, 1.807) is 41.8 Å². The standard InChI is InChI=1S/C36H28ClFN2O5S/c1-3-44-35(42)30-31(24-10-6-4-7-11-24)39-36-40(32(30)25-12-8-5-9-13-25)34(41)29(46-36)20-23-18-27(37)33(28(19-23)43-2)45-21-22-14-16-26(38)17-15-22/h4-20,32H,3,21H2,1-2H3/b29-20-/t32-/m1/s1. The van der Waals surface area contributed by atoms with Gasteiger partial charge in [0.1, 0.15) is 12.4 Å². The van der Waals surface area contributed by atoms with Gasteiger partial charge in [0.25, 0.3) is 5.56 Å². The lowest BCUT2D eigenvalue weighted by molar-refractivity contribution is -0.138. The highest BCUT2D eigenvalue weighted by atomic mass is 35.5. The SMILES string of the molecule is CCOC(=O)C1=C(c2ccccc2)N=c2s/c(=C\c3cc(Cl)c(OCc4ccc(F)cc4)c(OC)c3)c(=O)n2[C@@H]1c1ccccc1. The van der Waals surface area contributed by atoms with Crippen molar-refractivity contribution in [2.75, 3.05) is 13.7 Å². The van der Waals surface area contributed by atoms with Gasteiger partial charge in [0.05, 0.1) is 40.6 Å². The summed E-state index contributed by atoms with van der Waals surface area (Å²) in [4.78, 5) is 33.0. The minimum Gasteiger partial charge on any atom is -0.493 e. The highest BCUT2D eigenvalue weighted by Crippen LogP contribution is 2.38. The Morgan fingerprint density at radius 1 is 1.02 bits per heavy atom. The number of ether oxygens (including phenoxy) is 3. The summed E-state index contributed by atoms with van der Waals surface area (Å²) in [5.41, 5.74) is 3.25. The first kappa shape index (κ1) is 31.0. The number of esters is 1. The second-order valence-electron chi connectivity index (χ2n) is 10.3. The lowest BCUT2D eigenvalue weighted by atomic mass is 9.93. The Morgan fingerprint density at radius 3 is 2.39 bits per heavy atom. The van der Waals surface area contributed by atoms with Crippen molar-refractivity contribution in [3.63, 3.8) is 0 Å². The zero-order valence-corrected chi connectivity index (χ0v) is 26.5. The van der Waals surface area contributed by atoms with Crippen LogP contribution < -0.4 is 24.4 Å². The Morgan fingerprint density at radius 2 is 1.72 bits per heavy atom. The number of benzene rings is 4. The minimum absolute atomic E-state index is 0.153. The van der Waals surface area contributed by atoms with E-state index >= 15 is 0 Å². The zero-order chi connectivity index (χ0) is 32.2. The van der Waals surface area contributed by atoms with Gasteiger partial charge < -0.3 is 14.2 Å². The molecule has 46 heavy (non-hydrogen) atoms. The summed E-state index contributed by atoms with van der Waals surface area (Å²) in [6.45, 7) is 2.06. The molecule has 232 valence electrons. The molecule has 0 fully saturated rings. The van der Waals surface area contributed by atoms with E-state index in [1.807, 2.05) is 60.7 Å². The molecule has 0 bridgehead atoms. The van der Waals surface area contributed by atoms with E-state index in [0.717, 1.165) is 16.7 Å². The van der Waals surface area contributed by atoms with Gasteiger partial charge in [-0.1, -0.05) is 95.7 Å². The number of fused-ring (bicyclic) bond motifs is 1. The van der Waals surface area contributed by atoms with Gasteiger partial charge in [-0.05, 0) is 54.0 Å². The lowest BCUT2D eigenvalue weighted by Crippen LogP contribution is -2.39. The third-order valence-electron chi connectivity index (χ3n) is 7.33. The molecule has 2 heterocycles.